The van der Waals surface area contributed by atoms with Crippen molar-refractivity contribution < 1.29 is 4.74 Å². The van der Waals surface area contributed by atoms with Crippen molar-refractivity contribution in [1.29, 1.82) is 0 Å². The van der Waals surface area contributed by atoms with Crippen molar-refractivity contribution in [2.45, 2.75) is 6.61 Å². The van der Waals surface area contributed by atoms with Crippen LogP contribution < -0.4 is 15.4 Å². The molecule has 152 valence electrons. The number of hydrogen-bond donors (Lipinski definition) is 1. The van der Waals surface area contributed by atoms with E-state index >= 15 is 0 Å². The second kappa shape index (κ2) is 8.00. The molecule has 0 fully saturated rings. The largest absolute Gasteiger partial charge is 0.489 e. The average molecular weight is 406 g/mol. The summed E-state index contributed by atoms with van der Waals surface area (Å²) < 4.78 is 5.96. The molecule has 4 nitrogen and oxygen atoms in total. The molecule has 0 bridgehead atoms. The van der Waals surface area contributed by atoms with Crippen LogP contribution in [-0.2, 0) is 6.61 Å². The highest BCUT2D eigenvalue weighted by Gasteiger charge is 2.14. The molecule has 0 saturated carbocycles. The van der Waals surface area contributed by atoms with Crippen molar-refractivity contribution in [3.63, 3.8) is 0 Å². The Morgan fingerprint density at radius 1 is 0.903 bits per heavy atom. The Morgan fingerprint density at radius 2 is 1.74 bits per heavy atom. The summed E-state index contributed by atoms with van der Waals surface area (Å²) in [5.41, 5.74) is 11.6. The number of nitrogens with two attached hydrogens (primary N) is 1. The molecule has 0 atom stereocenters. The van der Waals surface area contributed by atoms with E-state index in [-0.39, 0.29) is 0 Å². The number of nitrogens with zero attached hydrogens (tertiary/aromatic N) is 2. The Bertz CT molecular complexity index is 1310. The molecule has 1 aliphatic rings. The van der Waals surface area contributed by atoms with E-state index in [4.69, 9.17) is 15.5 Å². The minimum absolute atomic E-state index is 0.425. The first kappa shape index (κ1) is 18.9. The van der Waals surface area contributed by atoms with Crippen molar-refractivity contribution in [1.82, 2.24) is 0 Å². The average Bonchev–Trinajstić information content (AvgIpc) is 3.26. The molecule has 0 aliphatic heterocycles. The zero-order valence-corrected chi connectivity index (χ0v) is 17.3. The maximum Gasteiger partial charge on any atom is 0.200 e. The molecular formula is C27H23N3O. The van der Waals surface area contributed by atoms with Gasteiger partial charge < -0.3 is 15.4 Å². The fourth-order valence-corrected chi connectivity index (χ4v) is 3.86. The zero-order valence-electron chi connectivity index (χ0n) is 17.3. The molecule has 31 heavy (non-hydrogen) atoms. The maximum atomic E-state index is 6.39. The van der Waals surface area contributed by atoms with Crippen LogP contribution in [0.4, 0.5) is 11.4 Å². The molecule has 1 aliphatic carbocycles. The summed E-state index contributed by atoms with van der Waals surface area (Å²) in [5.74, 6) is 1.21. The van der Waals surface area contributed by atoms with Gasteiger partial charge in [0.1, 0.15) is 12.4 Å². The first-order valence-corrected chi connectivity index (χ1v) is 10.3. The minimum Gasteiger partial charge on any atom is -0.489 e. The van der Waals surface area contributed by atoms with Gasteiger partial charge in [0.2, 0.25) is 5.96 Å². The summed E-state index contributed by atoms with van der Waals surface area (Å²) >= 11 is 0. The highest BCUT2D eigenvalue weighted by Crippen LogP contribution is 2.37. The van der Waals surface area contributed by atoms with E-state index in [1.54, 1.807) is 0 Å². The molecular weight excluding hydrogens is 382 g/mol. The minimum atomic E-state index is 0.425. The molecule has 0 amide bonds. The third-order valence-corrected chi connectivity index (χ3v) is 5.56. The molecule has 0 aromatic heterocycles. The summed E-state index contributed by atoms with van der Waals surface area (Å²) in [7, 11) is 1.91. The van der Waals surface area contributed by atoms with Gasteiger partial charge in [-0.3, -0.25) is 0 Å². The normalized spacial score (nSPS) is 12.4. The number of aliphatic imine (C=N–C) groups is 1. The highest BCUT2D eigenvalue weighted by molar-refractivity contribution is 6.08. The predicted molar refractivity (Wildman–Crippen MR) is 130 cm³/mol. The molecule has 5 rings (SSSR count). The summed E-state index contributed by atoms with van der Waals surface area (Å²) in [4.78, 5) is 6.61. The number of benzene rings is 4. The van der Waals surface area contributed by atoms with Crippen LogP contribution in [0, 0.1) is 0 Å². The number of anilines is 1. The molecule has 2 N–H and O–H groups in total. The molecule has 4 aromatic carbocycles. The van der Waals surface area contributed by atoms with Gasteiger partial charge in [-0.15, -0.1) is 0 Å². The lowest BCUT2D eigenvalue weighted by atomic mass is 10.0. The quantitative estimate of drug-likeness (QED) is 0.289. The lowest BCUT2D eigenvalue weighted by Crippen LogP contribution is -2.33. The summed E-state index contributed by atoms with van der Waals surface area (Å²) in [5, 5.41) is 2.45. The van der Waals surface area contributed by atoms with Crippen LogP contribution in [-0.4, -0.2) is 13.0 Å². The maximum absolute atomic E-state index is 6.39. The number of hydrogen-bond acceptors (Lipinski definition) is 2. The summed E-state index contributed by atoms with van der Waals surface area (Å²) in [6.07, 6.45) is 4.24. The Balaban J connectivity index is 1.38. The van der Waals surface area contributed by atoms with Crippen LogP contribution in [0.5, 0.6) is 5.75 Å². The van der Waals surface area contributed by atoms with E-state index in [0.29, 0.717) is 12.6 Å². The van der Waals surface area contributed by atoms with Crippen molar-refractivity contribution in [3.05, 3.63) is 102 Å². The van der Waals surface area contributed by atoms with Gasteiger partial charge in [0.15, 0.2) is 0 Å². The molecule has 0 unspecified atom stereocenters. The topological polar surface area (TPSA) is 50.8 Å². The first-order valence-electron chi connectivity index (χ1n) is 10.3. The van der Waals surface area contributed by atoms with Crippen molar-refractivity contribution in [3.8, 4) is 5.75 Å². The van der Waals surface area contributed by atoms with Crippen LogP contribution >= 0.6 is 0 Å². The van der Waals surface area contributed by atoms with Crippen LogP contribution in [0.15, 0.2) is 89.9 Å². The lowest BCUT2D eigenvalue weighted by Gasteiger charge is -2.19. The lowest BCUT2D eigenvalue weighted by molar-refractivity contribution is 0.306. The van der Waals surface area contributed by atoms with Gasteiger partial charge in [-0.2, -0.15) is 0 Å². The Morgan fingerprint density at radius 3 is 2.61 bits per heavy atom. The smallest absolute Gasteiger partial charge is 0.200 e. The van der Waals surface area contributed by atoms with Crippen LogP contribution in [0.3, 0.4) is 0 Å². The van der Waals surface area contributed by atoms with E-state index in [1.807, 2.05) is 72.6 Å². The third-order valence-electron chi connectivity index (χ3n) is 5.56. The van der Waals surface area contributed by atoms with Gasteiger partial charge in [0.25, 0.3) is 0 Å². The van der Waals surface area contributed by atoms with Crippen LogP contribution in [0.2, 0.25) is 0 Å². The van der Waals surface area contributed by atoms with Gasteiger partial charge in [-0.05, 0) is 40.1 Å². The van der Waals surface area contributed by atoms with Gasteiger partial charge >= 0.3 is 0 Å². The standard InChI is InChI=1S/C27H23N3O/c1-30(22-11-6-12-23(17-22)31-18-19-7-3-2-4-8-19)27(28)29-25-16-14-21-10-5-9-20-13-15-24(25)26(20)21/h2-17H,18H2,1H3,(H2,28,29). The number of guanidine groups is 1. The third kappa shape index (κ3) is 3.76. The molecule has 4 aromatic rings. The molecule has 4 heteroatoms. The Kier molecular flexibility index (Phi) is 4.89. The molecule has 0 spiro atoms. The monoisotopic (exact) mass is 405 g/mol. The fourth-order valence-electron chi connectivity index (χ4n) is 3.86. The summed E-state index contributed by atoms with van der Waals surface area (Å²) in [6.45, 7) is 0.521. The van der Waals surface area contributed by atoms with E-state index in [2.05, 4.69) is 36.4 Å². The van der Waals surface area contributed by atoms with E-state index in [0.717, 1.165) is 28.3 Å². The second-order valence-corrected chi connectivity index (χ2v) is 7.58. The Hall–Kier alpha value is -4.05. The first-order chi connectivity index (χ1) is 15.2. The predicted octanol–water partition coefficient (Wildman–Crippen LogP) is 5.99. The Labute approximate surface area is 181 Å². The van der Waals surface area contributed by atoms with Crippen molar-refractivity contribution in [2.24, 2.45) is 10.7 Å². The van der Waals surface area contributed by atoms with E-state index in [9.17, 15) is 0 Å². The van der Waals surface area contributed by atoms with Crippen molar-refractivity contribution >= 4 is 40.3 Å². The molecule has 0 radical (unpaired) electrons. The van der Waals surface area contributed by atoms with Gasteiger partial charge in [0.05, 0.1) is 5.69 Å². The SMILES string of the molecule is CN(C(N)=Nc1ccc2cccc3c2c1C=C3)c1cccc(OCc2ccccc2)c1. The van der Waals surface area contributed by atoms with Gasteiger partial charge in [0, 0.05) is 24.4 Å². The van der Waals surface area contributed by atoms with Crippen LogP contribution in [0.25, 0.3) is 22.9 Å². The van der Waals surface area contributed by atoms with E-state index in [1.165, 1.54) is 16.3 Å². The molecule has 0 heterocycles. The number of ether oxygens (including phenoxy) is 1. The van der Waals surface area contributed by atoms with Gasteiger partial charge in [-0.1, -0.05) is 72.8 Å². The second-order valence-electron chi connectivity index (χ2n) is 7.58. The summed E-state index contributed by atoms with van der Waals surface area (Å²) in [6, 6.07) is 28.4. The van der Waals surface area contributed by atoms with Gasteiger partial charge in [-0.25, -0.2) is 4.99 Å². The fraction of sp³-hybridized carbons (Fsp3) is 0.0741. The van der Waals surface area contributed by atoms with Crippen LogP contribution in [0.1, 0.15) is 16.7 Å². The van der Waals surface area contributed by atoms with E-state index < -0.39 is 0 Å². The highest BCUT2D eigenvalue weighted by atomic mass is 16.5. The molecule has 0 saturated heterocycles. The zero-order chi connectivity index (χ0) is 21.2. The van der Waals surface area contributed by atoms with Crippen molar-refractivity contribution in [2.75, 3.05) is 11.9 Å². The number of rotatable bonds is 5.